The molecule has 0 aliphatic carbocycles. The first kappa shape index (κ1) is 3.72. The number of hydrogen-bond donors (Lipinski definition) is 0. The normalized spacial score (nSPS) is 19.8. The zero-order valence-electron chi connectivity index (χ0n) is 3.69. The van der Waals surface area contributed by atoms with E-state index in [-0.39, 0.29) is 0 Å². The Hall–Kier alpha value is -0.460. The number of allylic oxidation sites excluding steroid dienone is 1. The molecule has 1 heteroatoms. The second-order valence-electron chi connectivity index (χ2n) is 1.27. The fraction of sp³-hybridized carbons (Fsp3) is 0.400. The van der Waals surface area contributed by atoms with Crippen LogP contribution in [-0.2, 0) is 4.74 Å². The van der Waals surface area contributed by atoms with Crippen LogP contribution >= 0.6 is 0 Å². The van der Waals surface area contributed by atoms with Gasteiger partial charge in [-0.1, -0.05) is 0 Å². The standard InChI is InChI=1S/C5H6O/c1-5-3-2-4-6-5/h3H,2H2,1H3. The molecule has 0 fully saturated rings. The molecule has 0 bridgehead atoms. The summed E-state index contributed by atoms with van der Waals surface area (Å²) in [6.07, 6.45) is 2.84. The molecule has 0 aromatic heterocycles. The summed E-state index contributed by atoms with van der Waals surface area (Å²) in [5, 5.41) is 0. The van der Waals surface area contributed by atoms with E-state index in [1.807, 2.05) is 13.0 Å². The van der Waals surface area contributed by atoms with Crippen LogP contribution in [0.1, 0.15) is 13.3 Å². The first-order valence-corrected chi connectivity index (χ1v) is 1.96. The maximum Gasteiger partial charge on any atom is 0.199 e. The van der Waals surface area contributed by atoms with Crippen molar-refractivity contribution in [1.82, 2.24) is 0 Å². The molecule has 1 rings (SSSR count). The Morgan fingerprint density at radius 3 is 3.00 bits per heavy atom. The molecule has 1 heterocycles. The maximum absolute atomic E-state index is 4.76. The molecule has 32 valence electrons. The van der Waals surface area contributed by atoms with Crippen molar-refractivity contribution >= 4 is 0 Å². The summed E-state index contributed by atoms with van der Waals surface area (Å²) in [5.74, 6) is 0.968. The molecule has 0 saturated carbocycles. The third kappa shape index (κ3) is 0.534. The molecule has 0 amide bonds. The lowest BCUT2D eigenvalue weighted by Crippen LogP contribution is -1.68. The van der Waals surface area contributed by atoms with Crippen LogP contribution in [0.4, 0.5) is 0 Å². The highest BCUT2D eigenvalue weighted by Gasteiger charge is 1.97. The van der Waals surface area contributed by atoms with Gasteiger partial charge in [-0.05, 0) is 13.0 Å². The van der Waals surface area contributed by atoms with Gasteiger partial charge in [-0.2, -0.15) is 0 Å². The molecule has 0 unspecified atom stereocenters. The first-order chi connectivity index (χ1) is 2.89. The molecule has 0 aromatic rings. The third-order valence-corrected chi connectivity index (χ3v) is 0.706. The topological polar surface area (TPSA) is 9.23 Å². The number of hydrogen-bond acceptors (Lipinski definition) is 1. The van der Waals surface area contributed by atoms with Crippen molar-refractivity contribution in [2.45, 2.75) is 13.3 Å². The van der Waals surface area contributed by atoms with Crippen molar-refractivity contribution in [3.05, 3.63) is 18.4 Å². The van der Waals surface area contributed by atoms with E-state index in [0.29, 0.717) is 0 Å². The Labute approximate surface area is 37.6 Å². The van der Waals surface area contributed by atoms with Gasteiger partial charge >= 0.3 is 0 Å². The van der Waals surface area contributed by atoms with Crippen LogP contribution in [-0.4, -0.2) is 0 Å². The highest BCUT2D eigenvalue weighted by Crippen LogP contribution is 2.09. The summed E-state index contributed by atoms with van der Waals surface area (Å²) >= 11 is 0. The molecule has 1 nitrogen and oxygen atoms in total. The zero-order valence-corrected chi connectivity index (χ0v) is 3.69. The summed E-state index contributed by atoms with van der Waals surface area (Å²) in [7, 11) is 0. The molecule has 0 saturated heterocycles. The van der Waals surface area contributed by atoms with Crippen molar-refractivity contribution in [3.8, 4) is 0 Å². The Bertz CT molecular complexity index is 74.0. The molecule has 0 spiro atoms. The van der Waals surface area contributed by atoms with Crippen LogP contribution in [0.3, 0.4) is 0 Å². The van der Waals surface area contributed by atoms with Gasteiger partial charge in [0.05, 0.1) is 5.76 Å². The van der Waals surface area contributed by atoms with Gasteiger partial charge in [-0.25, -0.2) is 0 Å². The number of rotatable bonds is 0. The van der Waals surface area contributed by atoms with Crippen molar-refractivity contribution in [1.29, 1.82) is 0 Å². The van der Waals surface area contributed by atoms with Crippen LogP contribution in [0.25, 0.3) is 0 Å². The van der Waals surface area contributed by atoms with Gasteiger partial charge in [0, 0.05) is 6.42 Å². The number of ether oxygens (including phenoxy) is 1. The molecule has 6 heavy (non-hydrogen) atoms. The van der Waals surface area contributed by atoms with Crippen LogP contribution in [0, 0.1) is 6.61 Å². The van der Waals surface area contributed by atoms with Gasteiger partial charge in [-0.3, -0.25) is 0 Å². The van der Waals surface area contributed by atoms with Crippen LogP contribution in [0.5, 0.6) is 0 Å². The van der Waals surface area contributed by atoms with Gasteiger partial charge in [-0.15, -0.1) is 0 Å². The van der Waals surface area contributed by atoms with Crippen molar-refractivity contribution in [3.63, 3.8) is 0 Å². The summed E-state index contributed by atoms with van der Waals surface area (Å²) in [4.78, 5) is 0. The average molecular weight is 82.1 g/mol. The summed E-state index contributed by atoms with van der Waals surface area (Å²) in [6.45, 7) is 4.60. The molecule has 0 aromatic carbocycles. The first-order valence-electron chi connectivity index (χ1n) is 1.96. The van der Waals surface area contributed by atoms with Crippen molar-refractivity contribution in [2.75, 3.05) is 0 Å². The lowest BCUT2D eigenvalue weighted by Gasteiger charge is -1.87. The second kappa shape index (κ2) is 1.33. The average Bonchev–Trinajstić information content (AvgIpc) is 1.86. The van der Waals surface area contributed by atoms with Gasteiger partial charge in [0.1, 0.15) is 0 Å². The van der Waals surface area contributed by atoms with Crippen LogP contribution in [0.2, 0.25) is 0 Å². The Morgan fingerprint density at radius 2 is 2.83 bits per heavy atom. The minimum atomic E-state index is 0.853. The van der Waals surface area contributed by atoms with Gasteiger partial charge in [0.15, 0.2) is 6.61 Å². The SMILES string of the molecule is CC1=CC[C]O1. The minimum absolute atomic E-state index is 0.853. The summed E-state index contributed by atoms with van der Waals surface area (Å²) in [5.41, 5.74) is 0. The van der Waals surface area contributed by atoms with E-state index in [9.17, 15) is 0 Å². The molecule has 1 aliphatic heterocycles. The van der Waals surface area contributed by atoms with Gasteiger partial charge in [0.25, 0.3) is 0 Å². The second-order valence-corrected chi connectivity index (χ2v) is 1.27. The molecule has 1 aliphatic rings. The summed E-state index contributed by atoms with van der Waals surface area (Å²) < 4.78 is 4.76. The highest BCUT2D eigenvalue weighted by atomic mass is 16.5. The molecule has 0 N–H and O–H groups in total. The van der Waals surface area contributed by atoms with E-state index in [2.05, 4.69) is 6.61 Å². The highest BCUT2D eigenvalue weighted by molar-refractivity contribution is 4.97. The largest absolute Gasteiger partial charge is 0.483 e. The molecular weight excluding hydrogens is 76.1 g/mol. The van der Waals surface area contributed by atoms with Gasteiger partial charge < -0.3 is 4.74 Å². The van der Waals surface area contributed by atoms with E-state index in [1.165, 1.54) is 0 Å². The van der Waals surface area contributed by atoms with E-state index in [1.54, 1.807) is 0 Å². The predicted octanol–water partition coefficient (Wildman–Crippen LogP) is 1.35. The molecule has 2 radical (unpaired) electrons. The van der Waals surface area contributed by atoms with Crippen LogP contribution < -0.4 is 0 Å². The summed E-state index contributed by atoms with van der Waals surface area (Å²) in [6, 6.07) is 0. The smallest absolute Gasteiger partial charge is 0.199 e. The monoisotopic (exact) mass is 82.0 g/mol. The fourth-order valence-electron chi connectivity index (χ4n) is 0.383. The van der Waals surface area contributed by atoms with E-state index < -0.39 is 0 Å². The fourth-order valence-corrected chi connectivity index (χ4v) is 0.383. The lowest BCUT2D eigenvalue weighted by atomic mass is 10.4. The van der Waals surface area contributed by atoms with Gasteiger partial charge in [0.2, 0.25) is 0 Å². The van der Waals surface area contributed by atoms with Crippen molar-refractivity contribution < 1.29 is 4.74 Å². The Balaban J connectivity index is 2.45. The lowest BCUT2D eigenvalue weighted by molar-refractivity contribution is 0.314. The minimum Gasteiger partial charge on any atom is -0.483 e. The quantitative estimate of drug-likeness (QED) is 0.428. The van der Waals surface area contributed by atoms with Crippen molar-refractivity contribution in [2.24, 2.45) is 0 Å². The molecule has 0 atom stereocenters. The molecular formula is C5H6O. The van der Waals surface area contributed by atoms with E-state index >= 15 is 0 Å². The maximum atomic E-state index is 4.76. The Kier molecular flexibility index (Phi) is 0.825. The predicted molar refractivity (Wildman–Crippen MR) is 22.7 cm³/mol. The third-order valence-electron chi connectivity index (χ3n) is 0.706. The van der Waals surface area contributed by atoms with E-state index in [0.717, 1.165) is 12.2 Å². The van der Waals surface area contributed by atoms with E-state index in [4.69, 9.17) is 4.74 Å². The zero-order chi connectivity index (χ0) is 4.41. The van der Waals surface area contributed by atoms with Crippen LogP contribution in [0.15, 0.2) is 11.8 Å². The Morgan fingerprint density at radius 1 is 2.00 bits per heavy atom.